The summed E-state index contributed by atoms with van der Waals surface area (Å²) >= 11 is 0. The van der Waals surface area contributed by atoms with E-state index in [0.717, 1.165) is 0 Å². The summed E-state index contributed by atoms with van der Waals surface area (Å²) in [6.07, 6.45) is -6.84. The zero-order chi connectivity index (χ0) is 9.72. The van der Waals surface area contributed by atoms with Crippen molar-refractivity contribution in [3.8, 4) is 0 Å². The van der Waals surface area contributed by atoms with Crippen LogP contribution in [-0.2, 0) is 4.79 Å². The van der Waals surface area contributed by atoms with E-state index in [1.165, 1.54) is 0 Å². The second kappa shape index (κ2) is 5.18. The monoisotopic (exact) mass is 182 g/mol. The van der Waals surface area contributed by atoms with Gasteiger partial charge in [0.25, 0.3) is 0 Å². The van der Waals surface area contributed by atoms with Gasteiger partial charge in [-0.15, -0.1) is 0 Å². The van der Waals surface area contributed by atoms with Gasteiger partial charge >= 0.3 is 0 Å². The maximum Gasteiger partial charge on any atom is 0.151 e. The molecule has 0 unspecified atom stereocenters. The van der Waals surface area contributed by atoms with Gasteiger partial charge in [0.1, 0.15) is 24.4 Å². The van der Waals surface area contributed by atoms with Crippen LogP contribution in [0.15, 0.2) is 0 Å². The summed E-state index contributed by atoms with van der Waals surface area (Å²) in [6, 6.07) is 0. The SMILES string of the molecule is O=[14CH][C@H](O)[C@@H](O)[C@@H](O)[C@H](O)CO. The molecule has 0 aliphatic heterocycles. The van der Waals surface area contributed by atoms with Crippen molar-refractivity contribution in [3.05, 3.63) is 0 Å². The fourth-order valence-electron chi connectivity index (χ4n) is 0.618. The van der Waals surface area contributed by atoms with Crippen LogP contribution in [0.5, 0.6) is 0 Å². The summed E-state index contributed by atoms with van der Waals surface area (Å²) < 4.78 is 0. The Labute approximate surface area is 68.7 Å². The van der Waals surface area contributed by atoms with Crippen molar-refractivity contribution < 1.29 is 30.3 Å². The number of carbonyl (C=O) groups excluding carboxylic acids is 1. The second-order valence-electron chi connectivity index (χ2n) is 2.36. The summed E-state index contributed by atoms with van der Waals surface area (Å²) in [5.74, 6) is 0. The van der Waals surface area contributed by atoms with Crippen LogP contribution >= 0.6 is 0 Å². The lowest BCUT2D eigenvalue weighted by atomic mass is 10.1. The molecule has 0 aromatic heterocycles. The van der Waals surface area contributed by atoms with Crippen LogP contribution in [-0.4, -0.2) is 62.8 Å². The highest BCUT2D eigenvalue weighted by Gasteiger charge is 2.29. The van der Waals surface area contributed by atoms with Crippen LogP contribution in [0.4, 0.5) is 0 Å². The van der Waals surface area contributed by atoms with Gasteiger partial charge in [-0.2, -0.15) is 0 Å². The highest BCUT2D eigenvalue weighted by atomic mass is 16.4. The predicted molar refractivity (Wildman–Crippen MR) is 37.2 cm³/mol. The summed E-state index contributed by atoms with van der Waals surface area (Å²) in [5.41, 5.74) is 0. The third kappa shape index (κ3) is 2.84. The maximum atomic E-state index is 9.90. The highest BCUT2D eigenvalue weighted by Crippen LogP contribution is 2.02. The standard InChI is InChI=1S/C6H12O6/c7-1-3(9)5(11)6(12)4(10)2-8/h1,3-6,8-12H,2H2/t3-,4+,5+,6-/m0/s1/i1+2. The lowest BCUT2D eigenvalue weighted by Crippen LogP contribution is -2.46. The Kier molecular flexibility index (Phi) is 4.95. The molecule has 0 saturated carbocycles. The number of carbonyl (C=O) groups is 1. The Bertz CT molecular complexity index is 138. The molecular formula is C6H12O6. The molecule has 6 nitrogen and oxygen atoms in total. The van der Waals surface area contributed by atoms with Crippen molar-refractivity contribution in [2.24, 2.45) is 0 Å². The molecule has 0 amide bonds. The van der Waals surface area contributed by atoms with Crippen LogP contribution < -0.4 is 0 Å². The van der Waals surface area contributed by atoms with E-state index in [4.69, 9.17) is 25.5 Å². The van der Waals surface area contributed by atoms with Crippen LogP contribution in [0.3, 0.4) is 0 Å². The number of aldehydes is 1. The molecule has 0 rings (SSSR count). The van der Waals surface area contributed by atoms with E-state index >= 15 is 0 Å². The molecule has 0 aromatic carbocycles. The minimum atomic E-state index is -1.79. The predicted octanol–water partition coefficient (Wildman–Crippen LogP) is -3.38. The zero-order valence-electron chi connectivity index (χ0n) is 6.24. The summed E-state index contributed by atoms with van der Waals surface area (Å²) in [5, 5.41) is 43.5. The first-order chi connectivity index (χ1) is 5.54. The fraction of sp³-hybridized carbons (Fsp3) is 0.833. The summed E-state index contributed by atoms with van der Waals surface area (Å²) in [4.78, 5) is 9.90. The minimum absolute atomic E-state index is 0.0258. The number of hydrogen-bond acceptors (Lipinski definition) is 6. The van der Waals surface area contributed by atoms with Crippen molar-refractivity contribution in [2.45, 2.75) is 24.4 Å². The van der Waals surface area contributed by atoms with Crippen LogP contribution in [0.25, 0.3) is 0 Å². The van der Waals surface area contributed by atoms with E-state index in [1.807, 2.05) is 0 Å². The summed E-state index contributed by atoms with van der Waals surface area (Å²) in [7, 11) is 0. The molecule has 6 heteroatoms. The molecule has 5 N–H and O–H groups in total. The average Bonchev–Trinajstić information content (AvgIpc) is 2.12. The summed E-state index contributed by atoms with van der Waals surface area (Å²) in [6.45, 7) is -0.760. The fourth-order valence-corrected chi connectivity index (χ4v) is 0.618. The van der Waals surface area contributed by atoms with Crippen molar-refractivity contribution in [3.63, 3.8) is 0 Å². The molecule has 0 aromatic rings. The Morgan fingerprint density at radius 3 is 1.92 bits per heavy atom. The topological polar surface area (TPSA) is 118 Å². The molecule has 0 heterocycles. The lowest BCUT2D eigenvalue weighted by molar-refractivity contribution is -0.136. The largest absolute Gasteiger partial charge is 0.394 e. The normalized spacial score (nSPS) is 21.1. The van der Waals surface area contributed by atoms with Crippen LogP contribution in [0.2, 0.25) is 0 Å². The number of rotatable bonds is 5. The van der Waals surface area contributed by atoms with E-state index in [-0.39, 0.29) is 6.29 Å². The van der Waals surface area contributed by atoms with Crippen LogP contribution in [0, 0.1) is 0 Å². The molecule has 0 aliphatic carbocycles. The van der Waals surface area contributed by atoms with Gasteiger partial charge in [0.05, 0.1) is 6.61 Å². The van der Waals surface area contributed by atoms with Crippen molar-refractivity contribution >= 4 is 6.29 Å². The van der Waals surface area contributed by atoms with E-state index < -0.39 is 31.0 Å². The molecule has 4 atom stereocenters. The first-order valence-corrected chi connectivity index (χ1v) is 3.33. The van der Waals surface area contributed by atoms with Gasteiger partial charge in [0.15, 0.2) is 6.29 Å². The van der Waals surface area contributed by atoms with Gasteiger partial charge < -0.3 is 30.3 Å². The number of aliphatic hydroxyl groups is 5. The van der Waals surface area contributed by atoms with E-state index in [2.05, 4.69) is 0 Å². The van der Waals surface area contributed by atoms with Crippen molar-refractivity contribution in [1.82, 2.24) is 0 Å². The van der Waals surface area contributed by atoms with Gasteiger partial charge in [-0.05, 0) is 0 Å². The van der Waals surface area contributed by atoms with Gasteiger partial charge in [-0.3, -0.25) is 0 Å². The minimum Gasteiger partial charge on any atom is -0.394 e. The maximum absolute atomic E-state index is 9.90. The second-order valence-corrected chi connectivity index (χ2v) is 2.36. The van der Waals surface area contributed by atoms with Gasteiger partial charge in [0.2, 0.25) is 0 Å². The Morgan fingerprint density at radius 1 is 1.08 bits per heavy atom. The third-order valence-corrected chi connectivity index (χ3v) is 1.42. The highest BCUT2D eigenvalue weighted by molar-refractivity contribution is 5.56. The molecule has 0 fully saturated rings. The zero-order valence-corrected chi connectivity index (χ0v) is 6.24. The van der Waals surface area contributed by atoms with Crippen molar-refractivity contribution in [1.29, 1.82) is 0 Å². The number of aliphatic hydroxyl groups excluding tert-OH is 5. The molecule has 0 bridgehead atoms. The Balaban J connectivity index is 4.07. The first-order valence-electron chi connectivity index (χ1n) is 3.33. The molecule has 12 heavy (non-hydrogen) atoms. The number of hydrogen-bond donors (Lipinski definition) is 5. The third-order valence-electron chi connectivity index (χ3n) is 1.42. The van der Waals surface area contributed by atoms with Crippen LogP contribution in [0.1, 0.15) is 0 Å². The average molecular weight is 182 g/mol. The molecule has 0 radical (unpaired) electrons. The Hall–Kier alpha value is -0.530. The van der Waals surface area contributed by atoms with Crippen molar-refractivity contribution in [2.75, 3.05) is 6.61 Å². The lowest BCUT2D eigenvalue weighted by Gasteiger charge is -2.22. The molecule has 72 valence electrons. The molecule has 0 spiro atoms. The van der Waals surface area contributed by atoms with E-state index in [1.54, 1.807) is 0 Å². The van der Waals surface area contributed by atoms with E-state index in [9.17, 15) is 4.79 Å². The Morgan fingerprint density at radius 2 is 1.58 bits per heavy atom. The smallest absolute Gasteiger partial charge is 0.151 e. The molecule has 0 saturated heterocycles. The van der Waals surface area contributed by atoms with Gasteiger partial charge in [0, 0.05) is 0 Å². The van der Waals surface area contributed by atoms with Gasteiger partial charge in [-0.1, -0.05) is 0 Å². The van der Waals surface area contributed by atoms with E-state index in [0.29, 0.717) is 0 Å². The molecular weight excluding hydrogens is 170 g/mol. The molecule has 0 aliphatic rings. The quantitative estimate of drug-likeness (QED) is 0.283. The first kappa shape index (κ1) is 11.5. The van der Waals surface area contributed by atoms with Gasteiger partial charge in [-0.25, -0.2) is 0 Å².